The van der Waals surface area contributed by atoms with Crippen molar-refractivity contribution in [3.63, 3.8) is 0 Å². The Morgan fingerprint density at radius 2 is 2.42 bits per heavy atom. The minimum Gasteiger partial charge on any atom is -0.364 e. The van der Waals surface area contributed by atoms with Gasteiger partial charge in [-0.1, -0.05) is 5.16 Å². The molecule has 1 fully saturated rings. The van der Waals surface area contributed by atoms with Gasteiger partial charge in [0.05, 0.1) is 6.04 Å². The minimum atomic E-state index is -0.0636. The molecule has 1 atom stereocenters. The molecule has 0 spiro atoms. The second-order valence-electron chi connectivity index (χ2n) is 4.72. The van der Waals surface area contributed by atoms with Crippen molar-refractivity contribution in [1.82, 2.24) is 15.0 Å². The van der Waals surface area contributed by atoms with Crippen molar-refractivity contribution in [2.75, 3.05) is 6.54 Å². The van der Waals surface area contributed by atoms with Crippen molar-refractivity contribution < 1.29 is 9.32 Å². The van der Waals surface area contributed by atoms with Crippen LogP contribution in [0.25, 0.3) is 0 Å². The summed E-state index contributed by atoms with van der Waals surface area (Å²) in [6.45, 7) is 2.74. The highest BCUT2D eigenvalue weighted by atomic mass is 32.1. The van der Waals surface area contributed by atoms with Gasteiger partial charge in [0, 0.05) is 23.7 Å². The van der Waals surface area contributed by atoms with E-state index in [2.05, 4.69) is 10.1 Å². The van der Waals surface area contributed by atoms with Crippen molar-refractivity contribution in [3.8, 4) is 0 Å². The van der Waals surface area contributed by atoms with Gasteiger partial charge < -0.3 is 9.42 Å². The third-order valence-corrected chi connectivity index (χ3v) is 4.41. The molecule has 3 heterocycles. The maximum absolute atomic E-state index is 12.4. The minimum absolute atomic E-state index is 0.0636. The summed E-state index contributed by atoms with van der Waals surface area (Å²) in [5.41, 5.74) is 1.39. The van der Waals surface area contributed by atoms with Crippen LogP contribution in [0.5, 0.6) is 0 Å². The fraction of sp³-hybridized carbons (Fsp3) is 0.462. The van der Waals surface area contributed by atoms with E-state index in [4.69, 9.17) is 4.52 Å². The van der Waals surface area contributed by atoms with E-state index in [1.165, 1.54) is 6.26 Å². The Balaban J connectivity index is 1.87. The second kappa shape index (κ2) is 5.13. The molecule has 2 aromatic rings. The molecule has 19 heavy (non-hydrogen) atoms. The molecule has 1 amide bonds. The average molecular weight is 277 g/mol. The van der Waals surface area contributed by atoms with E-state index in [0.717, 1.165) is 36.5 Å². The first-order chi connectivity index (χ1) is 9.25. The van der Waals surface area contributed by atoms with Crippen molar-refractivity contribution in [3.05, 3.63) is 34.1 Å². The Bertz CT molecular complexity index is 564. The number of carbonyl (C=O) groups excluding carboxylic acids is 1. The van der Waals surface area contributed by atoms with Crippen LogP contribution in [0.2, 0.25) is 0 Å². The lowest BCUT2D eigenvalue weighted by atomic mass is 10.0. The molecule has 1 aliphatic heterocycles. The Labute approximate surface area is 115 Å². The maximum atomic E-state index is 12.4. The van der Waals surface area contributed by atoms with Crippen molar-refractivity contribution in [2.45, 2.75) is 32.2 Å². The smallest absolute Gasteiger partial charge is 0.276 e. The van der Waals surface area contributed by atoms with Gasteiger partial charge in [-0.15, -0.1) is 11.3 Å². The van der Waals surface area contributed by atoms with E-state index in [0.29, 0.717) is 5.69 Å². The van der Waals surface area contributed by atoms with E-state index in [1.807, 2.05) is 17.2 Å². The zero-order valence-electron chi connectivity index (χ0n) is 10.7. The SMILES string of the molecule is Cc1csc(C2CCCCN2C(=O)c2ccon2)n1. The van der Waals surface area contributed by atoms with Gasteiger partial charge in [-0.2, -0.15) is 0 Å². The summed E-state index contributed by atoms with van der Waals surface area (Å²) in [6.07, 6.45) is 4.56. The monoisotopic (exact) mass is 277 g/mol. The molecule has 0 aliphatic carbocycles. The largest absolute Gasteiger partial charge is 0.364 e. The Kier molecular flexibility index (Phi) is 3.33. The predicted molar refractivity (Wildman–Crippen MR) is 71.0 cm³/mol. The second-order valence-corrected chi connectivity index (χ2v) is 5.61. The molecule has 0 N–H and O–H groups in total. The van der Waals surface area contributed by atoms with Gasteiger partial charge in [-0.25, -0.2) is 4.98 Å². The number of nitrogens with zero attached hydrogens (tertiary/aromatic N) is 3. The topological polar surface area (TPSA) is 59.2 Å². The lowest BCUT2D eigenvalue weighted by molar-refractivity contribution is 0.0600. The molecule has 0 radical (unpaired) electrons. The number of likely N-dealkylation sites (tertiary alicyclic amines) is 1. The zero-order chi connectivity index (χ0) is 13.2. The number of aromatic nitrogens is 2. The van der Waals surface area contributed by atoms with Crippen LogP contribution in [0.15, 0.2) is 22.2 Å². The van der Waals surface area contributed by atoms with Gasteiger partial charge in [0.25, 0.3) is 5.91 Å². The molecule has 0 aromatic carbocycles. The highest BCUT2D eigenvalue weighted by Gasteiger charge is 2.31. The van der Waals surface area contributed by atoms with Gasteiger partial charge in [-0.3, -0.25) is 4.79 Å². The molecule has 0 saturated carbocycles. The standard InChI is InChI=1S/C13H15N3O2S/c1-9-8-19-12(14-9)11-4-2-3-6-16(11)13(17)10-5-7-18-15-10/h5,7-8,11H,2-4,6H2,1H3. The molecule has 5 nitrogen and oxygen atoms in total. The predicted octanol–water partition coefficient (Wildman–Crippen LogP) is 2.81. The Morgan fingerprint density at radius 1 is 1.53 bits per heavy atom. The van der Waals surface area contributed by atoms with Crippen LogP contribution >= 0.6 is 11.3 Å². The molecular formula is C13H15N3O2S. The van der Waals surface area contributed by atoms with Crippen LogP contribution in [-0.4, -0.2) is 27.5 Å². The highest BCUT2D eigenvalue weighted by molar-refractivity contribution is 7.09. The van der Waals surface area contributed by atoms with Crippen molar-refractivity contribution >= 4 is 17.2 Å². The summed E-state index contributed by atoms with van der Waals surface area (Å²) in [4.78, 5) is 18.8. The van der Waals surface area contributed by atoms with Gasteiger partial charge in [-0.05, 0) is 26.2 Å². The van der Waals surface area contributed by atoms with E-state index < -0.39 is 0 Å². The van der Waals surface area contributed by atoms with Crippen LogP contribution in [0.1, 0.15) is 46.5 Å². The van der Waals surface area contributed by atoms with Gasteiger partial charge in [0.2, 0.25) is 0 Å². The summed E-state index contributed by atoms with van der Waals surface area (Å²) in [7, 11) is 0. The van der Waals surface area contributed by atoms with Crippen LogP contribution in [0.4, 0.5) is 0 Å². The van der Waals surface area contributed by atoms with E-state index >= 15 is 0 Å². The van der Waals surface area contributed by atoms with Crippen LogP contribution in [0, 0.1) is 6.92 Å². The summed E-state index contributed by atoms with van der Waals surface area (Å²) in [5.74, 6) is -0.0636. The number of hydrogen-bond donors (Lipinski definition) is 0. The number of thiazole rings is 1. The third kappa shape index (κ3) is 2.40. The van der Waals surface area contributed by atoms with Crippen molar-refractivity contribution in [2.24, 2.45) is 0 Å². The quantitative estimate of drug-likeness (QED) is 0.847. The van der Waals surface area contributed by atoms with Gasteiger partial charge in [0.15, 0.2) is 5.69 Å². The lowest BCUT2D eigenvalue weighted by Crippen LogP contribution is -2.38. The molecule has 3 rings (SSSR count). The fourth-order valence-corrected chi connectivity index (χ4v) is 3.37. The molecule has 1 aliphatic rings. The molecular weight excluding hydrogens is 262 g/mol. The Hall–Kier alpha value is -1.69. The molecule has 100 valence electrons. The number of aryl methyl sites for hydroxylation is 1. The number of carbonyl (C=O) groups is 1. The van der Waals surface area contributed by atoms with Crippen LogP contribution in [0.3, 0.4) is 0 Å². The number of amides is 1. The molecule has 1 saturated heterocycles. The van der Waals surface area contributed by atoms with Crippen LogP contribution in [-0.2, 0) is 0 Å². The van der Waals surface area contributed by atoms with E-state index in [-0.39, 0.29) is 11.9 Å². The van der Waals surface area contributed by atoms with Gasteiger partial charge in [0.1, 0.15) is 11.3 Å². The molecule has 2 aromatic heterocycles. The van der Waals surface area contributed by atoms with E-state index in [9.17, 15) is 4.79 Å². The summed E-state index contributed by atoms with van der Waals surface area (Å²) in [6, 6.07) is 1.69. The normalized spacial score (nSPS) is 19.6. The summed E-state index contributed by atoms with van der Waals surface area (Å²) in [5, 5.41) is 6.79. The maximum Gasteiger partial charge on any atom is 0.276 e. The number of rotatable bonds is 2. The number of piperidine rings is 1. The highest BCUT2D eigenvalue weighted by Crippen LogP contribution is 2.33. The zero-order valence-corrected chi connectivity index (χ0v) is 11.5. The first kappa shape index (κ1) is 12.3. The molecule has 1 unspecified atom stereocenters. The Morgan fingerprint density at radius 3 is 3.11 bits per heavy atom. The van der Waals surface area contributed by atoms with Gasteiger partial charge >= 0.3 is 0 Å². The summed E-state index contributed by atoms with van der Waals surface area (Å²) >= 11 is 1.63. The van der Waals surface area contributed by atoms with E-state index in [1.54, 1.807) is 17.4 Å². The van der Waals surface area contributed by atoms with Crippen molar-refractivity contribution in [1.29, 1.82) is 0 Å². The third-order valence-electron chi connectivity index (χ3n) is 3.34. The number of hydrogen-bond acceptors (Lipinski definition) is 5. The average Bonchev–Trinajstić information content (AvgIpc) is 3.09. The lowest BCUT2D eigenvalue weighted by Gasteiger charge is -2.33. The first-order valence-electron chi connectivity index (χ1n) is 6.39. The molecule has 6 heteroatoms. The fourth-order valence-electron chi connectivity index (χ4n) is 2.43. The van der Waals surface area contributed by atoms with Crippen LogP contribution < -0.4 is 0 Å². The summed E-state index contributed by atoms with van der Waals surface area (Å²) < 4.78 is 4.76. The molecule has 0 bridgehead atoms. The first-order valence-corrected chi connectivity index (χ1v) is 7.27.